The van der Waals surface area contributed by atoms with Crippen LogP contribution in [0.15, 0.2) is 42.6 Å². The highest BCUT2D eigenvalue weighted by molar-refractivity contribution is 5.90. The normalized spacial score (nSPS) is 19.1. The van der Waals surface area contributed by atoms with Crippen molar-refractivity contribution in [3.8, 4) is 5.75 Å². The largest absolute Gasteiger partial charge is 0.522 e. The number of hydrogen-bond acceptors (Lipinski definition) is 5. The minimum Gasteiger partial charge on any atom is -0.489 e. The number of nitrogens with one attached hydrogen (secondary N) is 1. The van der Waals surface area contributed by atoms with Gasteiger partial charge in [-0.05, 0) is 55.2 Å². The molecule has 1 aliphatic heterocycles. The molecule has 6 nitrogen and oxygen atoms in total. The minimum absolute atomic E-state index is 0.115. The molecule has 0 radical (unpaired) electrons. The lowest BCUT2D eigenvalue weighted by Gasteiger charge is -2.39. The second-order valence-electron chi connectivity index (χ2n) is 8.87. The van der Waals surface area contributed by atoms with E-state index in [4.69, 9.17) is 9.47 Å². The van der Waals surface area contributed by atoms with Crippen LogP contribution in [0.2, 0.25) is 0 Å². The number of methoxy groups -OCH3 is 1. The van der Waals surface area contributed by atoms with Gasteiger partial charge in [0.2, 0.25) is 0 Å². The first kappa shape index (κ1) is 25.1. The number of ether oxygens (including phenoxy) is 3. The molecule has 35 heavy (non-hydrogen) atoms. The van der Waals surface area contributed by atoms with Crippen LogP contribution in [0.3, 0.4) is 0 Å². The number of carbonyl (C=O) groups excluding carboxylic acids is 1. The summed E-state index contributed by atoms with van der Waals surface area (Å²) >= 11 is 0. The molecule has 1 saturated heterocycles. The zero-order valence-corrected chi connectivity index (χ0v) is 19.9. The number of likely N-dealkylation sites (tertiary alicyclic amines) is 1. The topological polar surface area (TPSA) is 63.8 Å². The first-order chi connectivity index (χ1) is 16.7. The third kappa shape index (κ3) is 5.79. The number of alkyl halides is 3. The van der Waals surface area contributed by atoms with E-state index in [1.807, 2.05) is 43.1 Å². The summed E-state index contributed by atoms with van der Waals surface area (Å²) in [6, 6.07) is 11.2. The van der Waals surface area contributed by atoms with Crippen molar-refractivity contribution in [3.63, 3.8) is 0 Å². The van der Waals surface area contributed by atoms with E-state index in [0.717, 1.165) is 33.3 Å². The minimum atomic E-state index is -4.64. The van der Waals surface area contributed by atoms with E-state index in [0.29, 0.717) is 25.1 Å². The highest BCUT2D eigenvalue weighted by atomic mass is 19.4. The van der Waals surface area contributed by atoms with Crippen LogP contribution >= 0.6 is 0 Å². The van der Waals surface area contributed by atoms with Crippen molar-refractivity contribution in [3.05, 3.63) is 64.8 Å². The number of benzene rings is 2. The molecule has 2 aromatic carbocycles. The van der Waals surface area contributed by atoms with Gasteiger partial charge in [0.15, 0.2) is 0 Å². The van der Waals surface area contributed by atoms with Gasteiger partial charge >= 0.3 is 12.3 Å². The molecule has 0 unspecified atom stereocenters. The van der Waals surface area contributed by atoms with Crippen molar-refractivity contribution >= 4 is 16.9 Å². The average molecular weight is 491 g/mol. The number of aromatic nitrogens is 1. The number of piperidine rings is 1. The summed E-state index contributed by atoms with van der Waals surface area (Å²) in [5, 5.41) is 1.00. The smallest absolute Gasteiger partial charge is 0.489 e. The maximum Gasteiger partial charge on any atom is 0.522 e. The highest BCUT2D eigenvalue weighted by Crippen LogP contribution is 2.37. The Morgan fingerprint density at radius 2 is 1.89 bits per heavy atom. The van der Waals surface area contributed by atoms with Crippen LogP contribution in [-0.4, -0.2) is 61.7 Å². The fraction of sp³-hybridized carbons (Fsp3) is 0.423. The Kier molecular flexibility index (Phi) is 7.37. The van der Waals surface area contributed by atoms with Gasteiger partial charge in [-0.15, -0.1) is 13.2 Å². The molecule has 0 amide bonds. The lowest BCUT2D eigenvalue weighted by molar-refractivity contribution is -0.325. The molecule has 1 aromatic heterocycles. The van der Waals surface area contributed by atoms with Crippen LogP contribution in [0.5, 0.6) is 5.75 Å². The zero-order chi connectivity index (χ0) is 25.2. The van der Waals surface area contributed by atoms with Gasteiger partial charge in [-0.25, -0.2) is 4.79 Å². The Morgan fingerprint density at radius 1 is 1.14 bits per heavy atom. The van der Waals surface area contributed by atoms with Crippen LogP contribution in [0, 0.1) is 13.8 Å². The van der Waals surface area contributed by atoms with Crippen LogP contribution in [-0.2, 0) is 9.47 Å². The second kappa shape index (κ2) is 10.3. The van der Waals surface area contributed by atoms with E-state index in [1.165, 1.54) is 7.11 Å². The summed E-state index contributed by atoms with van der Waals surface area (Å²) in [6.45, 7) is 4.88. The third-order valence-electron chi connectivity index (χ3n) is 6.51. The Morgan fingerprint density at radius 3 is 2.57 bits per heavy atom. The monoisotopic (exact) mass is 490 g/mol. The highest BCUT2D eigenvalue weighted by Gasteiger charge is 2.34. The molecule has 1 N–H and O–H groups in total. The standard InChI is InChI=1S/C26H29F3N2O4/c1-16-14-17(2)24(20-8-10-30-23(16)20)35-22-9-11-31(12-13-34-26(27,28)29)15-21(22)18-4-6-19(7-5-18)25(32)33-3/h4-8,10,14,21-22,30H,9,11-13,15H2,1-3H3/t21-,22+/m0/s1. The lowest BCUT2D eigenvalue weighted by atomic mass is 9.87. The summed E-state index contributed by atoms with van der Waals surface area (Å²) in [5.74, 6) is 0.266. The molecule has 3 aromatic rings. The molecular formula is C26H29F3N2O4. The molecule has 2 atom stereocenters. The zero-order valence-electron chi connectivity index (χ0n) is 19.9. The fourth-order valence-electron chi connectivity index (χ4n) is 4.80. The van der Waals surface area contributed by atoms with E-state index in [9.17, 15) is 18.0 Å². The van der Waals surface area contributed by atoms with Gasteiger partial charge in [0.05, 0.1) is 24.8 Å². The number of hydrogen-bond donors (Lipinski definition) is 1. The summed E-state index contributed by atoms with van der Waals surface area (Å²) in [4.78, 5) is 17.1. The number of halogens is 3. The molecule has 0 saturated carbocycles. The van der Waals surface area contributed by atoms with E-state index in [-0.39, 0.29) is 18.6 Å². The Bertz CT molecular complexity index is 1170. The number of esters is 1. The average Bonchev–Trinajstić information content (AvgIpc) is 3.32. The van der Waals surface area contributed by atoms with Gasteiger partial charge in [0, 0.05) is 37.1 Å². The maximum atomic E-state index is 12.5. The summed E-state index contributed by atoms with van der Waals surface area (Å²) in [6.07, 6.45) is -2.32. The molecule has 0 bridgehead atoms. The van der Waals surface area contributed by atoms with E-state index < -0.39 is 18.9 Å². The van der Waals surface area contributed by atoms with Gasteiger partial charge in [-0.2, -0.15) is 0 Å². The molecule has 2 heterocycles. The summed E-state index contributed by atoms with van der Waals surface area (Å²) in [5.41, 5.74) is 4.55. The van der Waals surface area contributed by atoms with Crippen molar-refractivity contribution in [2.24, 2.45) is 0 Å². The lowest BCUT2D eigenvalue weighted by Crippen LogP contribution is -2.45. The molecule has 188 valence electrons. The summed E-state index contributed by atoms with van der Waals surface area (Å²) < 4.78 is 52.8. The Hall–Kier alpha value is -3.04. The van der Waals surface area contributed by atoms with Crippen molar-refractivity contribution < 1.29 is 32.2 Å². The van der Waals surface area contributed by atoms with Gasteiger partial charge in [0.25, 0.3) is 0 Å². The predicted octanol–water partition coefficient (Wildman–Crippen LogP) is 5.34. The molecule has 0 aliphatic carbocycles. The quantitative estimate of drug-likeness (QED) is 0.453. The van der Waals surface area contributed by atoms with Gasteiger partial charge < -0.3 is 19.4 Å². The van der Waals surface area contributed by atoms with Crippen LogP contribution in [0.4, 0.5) is 13.2 Å². The molecule has 1 fully saturated rings. The van der Waals surface area contributed by atoms with Crippen LogP contribution in [0.1, 0.15) is 39.4 Å². The van der Waals surface area contributed by atoms with E-state index >= 15 is 0 Å². The number of aromatic amines is 1. The first-order valence-corrected chi connectivity index (χ1v) is 11.5. The number of carbonyl (C=O) groups is 1. The predicted molar refractivity (Wildman–Crippen MR) is 126 cm³/mol. The number of H-pyrrole nitrogens is 1. The third-order valence-corrected chi connectivity index (χ3v) is 6.51. The van der Waals surface area contributed by atoms with E-state index in [1.54, 1.807) is 12.1 Å². The molecular weight excluding hydrogens is 461 g/mol. The molecule has 0 spiro atoms. The Labute approximate surface area is 202 Å². The molecule has 4 rings (SSSR count). The maximum absolute atomic E-state index is 12.5. The van der Waals surface area contributed by atoms with Crippen molar-refractivity contribution in [1.82, 2.24) is 9.88 Å². The van der Waals surface area contributed by atoms with Crippen LogP contribution in [0.25, 0.3) is 10.9 Å². The number of rotatable bonds is 7. The van der Waals surface area contributed by atoms with Crippen molar-refractivity contribution in [1.29, 1.82) is 0 Å². The SMILES string of the molecule is COC(=O)c1ccc([C@@H]2CN(CCOC(F)(F)F)CC[C@H]2Oc2c(C)cc(C)c3[nH]ccc23)cc1. The van der Waals surface area contributed by atoms with Gasteiger partial charge in [-0.1, -0.05) is 18.2 Å². The van der Waals surface area contributed by atoms with Gasteiger partial charge in [-0.3, -0.25) is 4.74 Å². The van der Waals surface area contributed by atoms with Crippen molar-refractivity contribution in [2.45, 2.75) is 38.7 Å². The number of fused-ring (bicyclic) bond motifs is 1. The molecule has 9 heteroatoms. The van der Waals surface area contributed by atoms with Gasteiger partial charge in [0.1, 0.15) is 11.9 Å². The van der Waals surface area contributed by atoms with Crippen molar-refractivity contribution in [2.75, 3.05) is 33.4 Å². The van der Waals surface area contributed by atoms with E-state index in [2.05, 4.69) is 15.8 Å². The molecule has 1 aliphatic rings. The summed E-state index contributed by atoms with van der Waals surface area (Å²) in [7, 11) is 1.33. The fourth-order valence-corrected chi connectivity index (χ4v) is 4.80. The Balaban J connectivity index is 1.59. The number of aryl methyl sites for hydroxylation is 2. The second-order valence-corrected chi connectivity index (χ2v) is 8.87. The number of nitrogens with zero attached hydrogens (tertiary/aromatic N) is 1. The first-order valence-electron chi connectivity index (χ1n) is 11.5. The van der Waals surface area contributed by atoms with Crippen LogP contribution < -0.4 is 4.74 Å².